The predicted molar refractivity (Wildman–Crippen MR) is 108 cm³/mol. The molecular formula is C21H18ClN3O2. The minimum absolute atomic E-state index is 0.161. The fraction of sp³-hybridized carbons (Fsp3) is 0.0952. The van der Waals surface area contributed by atoms with Crippen LogP contribution in [0.1, 0.15) is 32.0 Å². The van der Waals surface area contributed by atoms with Crippen LogP contribution in [-0.2, 0) is 0 Å². The lowest BCUT2D eigenvalue weighted by atomic mass is 10.1. The van der Waals surface area contributed by atoms with Crippen LogP contribution in [0.3, 0.4) is 0 Å². The average molecular weight is 380 g/mol. The van der Waals surface area contributed by atoms with Gasteiger partial charge in [-0.15, -0.1) is 0 Å². The van der Waals surface area contributed by atoms with E-state index in [2.05, 4.69) is 15.6 Å². The molecule has 0 saturated heterocycles. The summed E-state index contributed by atoms with van der Waals surface area (Å²) in [6.07, 6.45) is 1.44. The second-order valence-electron chi connectivity index (χ2n) is 6.11. The third kappa shape index (κ3) is 4.51. The van der Waals surface area contributed by atoms with Gasteiger partial charge in [-0.2, -0.15) is 0 Å². The van der Waals surface area contributed by atoms with E-state index in [4.69, 9.17) is 11.6 Å². The lowest BCUT2D eigenvalue weighted by molar-refractivity contribution is 0.102. The lowest BCUT2D eigenvalue weighted by Gasteiger charge is -2.10. The van der Waals surface area contributed by atoms with E-state index < -0.39 is 0 Å². The van der Waals surface area contributed by atoms with Crippen LogP contribution in [0, 0.1) is 13.8 Å². The topological polar surface area (TPSA) is 71.1 Å². The maximum Gasteiger partial charge on any atom is 0.274 e. The number of halogens is 1. The Kier molecular flexibility index (Phi) is 5.52. The van der Waals surface area contributed by atoms with E-state index in [1.54, 1.807) is 18.2 Å². The summed E-state index contributed by atoms with van der Waals surface area (Å²) in [5.41, 5.74) is 3.65. The molecule has 0 radical (unpaired) electrons. The van der Waals surface area contributed by atoms with Crippen molar-refractivity contribution < 1.29 is 9.59 Å². The van der Waals surface area contributed by atoms with Crippen molar-refractivity contribution in [2.75, 3.05) is 10.6 Å². The van der Waals surface area contributed by atoms with Crippen molar-refractivity contribution in [3.63, 3.8) is 0 Å². The van der Waals surface area contributed by atoms with Gasteiger partial charge in [0, 0.05) is 28.2 Å². The Bertz CT molecular complexity index is 1020. The third-order valence-electron chi connectivity index (χ3n) is 4.10. The summed E-state index contributed by atoms with van der Waals surface area (Å²) in [5.74, 6) is -0.717. The molecule has 0 atom stereocenters. The van der Waals surface area contributed by atoms with Gasteiger partial charge in [-0.3, -0.25) is 14.6 Å². The van der Waals surface area contributed by atoms with Crippen LogP contribution in [0.5, 0.6) is 0 Å². The van der Waals surface area contributed by atoms with Gasteiger partial charge in [0.2, 0.25) is 0 Å². The lowest BCUT2D eigenvalue weighted by Crippen LogP contribution is -2.17. The Morgan fingerprint density at radius 3 is 2.33 bits per heavy atom. The van der Waals surface area contributed by atoms with Crippen molar-refractivity contribution in [1.82, 2.24) is 4.98 Å². The molecule has 0 unspecified atom stereocenters. The quantitative estimate of drug-likeness (QED) is 0.680. The fourth-order valence-corrected chi connectivity index (χ4v) is 2.69. The zero-order valence-corrected chi connectivity index (χ0v) is 15.7. The standard InChI is InChI=1S/C21H18ClN3O2/c1-13-5-3-4-6-17(13)24-21(27)19-11-15(9-10-23-19)20(26)25-18-12-16(22)8-7-14(18)2/h3-12H,1-2H3,(H,24,27)(H,25,26). The highest BCUT2D eigenvalue weighted by atomic mass is 35.5. The van der Waals surface area contributed by atoms with E-state index >= 15 is 0 Å². The summed E-state index contributed by atoms with van der Waals surface area (Å²) in [4.78, 5) is 29.1. The van der Waals surface area contributed by atoms with Crippen LogP contribution in [0.4, 0.5) is 11.4 Å². The number of nitrogens with one attached hydrogen (secondary N) is 2. The number of aromatic nitrogens is 1. The molecule has 2 N–H and O–H groups in total. The summed E-state index contributed by atoms with van der Waals surface area (Å²) in [7, 11) is 0. The number of carbonyl (C=O) groups is 2. The minimum Gasteiger partial charge on any atom is -0.322 e. The molecule has 136 valence electrons. The normalized spacial score (nSPS) is 10.3. The highest BCUT2D eigenvalue weighted by molar-refractivity contribution is 6.31. The molecular weight excluding hydrogens is 362 g/mol. The van der Waals surface area contributed by atoms with Gasteiger partial charge >= 0.3 is 0 Å². The average Bonchev–Trinajstić information content (AvgIpc) is 2.66. The van der Waals surface area contributed by atoms with Crippen LogP contribution < -0.4 is 10.6 Å². The zero-order chi connectivity index (χ0) is 19.4. The van der Waals surface area contributed by atoms with E-state index in [-0.39, 0.29) is 17.5 Å². The van der Waals surface area contributed by atoms with Gasteiger partial charge < -0.3 is 10.6 Å². The molecule has 0 fully saturated rings. The Morgan fingerprint density at radius 1 is 0.852 bits per heavy atom. The number of amides is 2. The molecule has 2 amide bonds. The summed E-state index contributed by atoms with van der Waals surface area (Å²) in [6.45, 7) is 3.78. The molecule has 0 spiro atoms. The molecule has 6 heteroatoms. The molecule has 2 aromatic carbocycles. The second-order valence-corrected chi connectivity index (χ2v) is 6.55. The summed E-state index contributed by atoms with van der Waals surface area (Å²) in [5, 5.41) is 6.15. The highest BCUT2D eigenvalue weighted by Crippen LogP contribution is 2.21. The van der Waals surface area contributed by atoms with Crippen LogP contribution >= 0.6 is 11.6 Å². The number of anilines is 2. The maximum absolute atomic E-state index is 12.6. The van der Waals surface area contributed by atoms with Gasteiger partial charge in [0.15, 0.2) is 0 Å². The number of aryl methyl sites for hydroxylation is 2. The van der Waals surface area contributed by atoms with Crippen molar-refractivity contribution in [2.24, 2.45) is 0 Å². The first-order chi connectivity index (χ1) is 12.9. The number of rotatable bonds is 4. The molecule has 0 bridgehead atoms. The molecule has 1 heterocycles. The summed E-state index contributed by atoms with van der Waals surface area (Å²) >= 11 is 5.99. The van der Waals surface area contributed by atoms with Crippen molar-refractivity contribution in [3.8, 4) is 0 Å². The number of para-hydroxylation sites is 1. The fourth-order valence-electron chi connectivity index (χ4n) is 2.52. The number of carbonyl (C=O) groups excluding carboxylic acids is 2. The Hall–Kier alpha value is -3.18. The number of benzene rings is 2. The summed E-state index contributed by atoms with van der Waals surface area (Å²) < 4.78 is 0. The molecule has 0 aliphatic heterocycles. The number of pyridine rings is 1. The molecule has 27 heavy (non-hydrogen) atoms. The largest absolute Gasteiger partial charge is 0.322 e. The third-order valence-corrected chi connectivity index (χ3v) is 4.33. The van der Waals surface area contributed by atoms with E-state index in [1.165, 1.54) is 12.3 Å². The van der Waals surface area contributed by atoms with E-state index in [0.29, 0.717) is 22.0 Å². The molecule has 1 aromatic heterocycles. The van der Waals surface area contributed by atoms with Gasteiger partial charge in [0.25, 0.3) is 11.8 Å². The Balaban J connectivity index is 1.78. The monoisotopic (exact) mass is 379 g/mol. The second kappa shape index (κ2) is 8.01. The maximum atomic E-state index is 12.6. The Labute approximate surface area is 162 Å². The Morgan fingerprint density at radius 2 is 1.56 bits per heavy atom. The first-order valence-electron chi connectivity index (χ1n) is 8.34. The SMILES string of the molecule is Cc1ccc(Cl)cc1NC(=O)c1ccnc(C(=O)Nc2ccccc2C)c1. The molecule has 0 aliphatic rings. The molecule has 0 saturated carbocycles. The first kappa shape index (κ1) is 18.6. The van der Waals surface area contributed by atoms with Crippen molar-refractivity contribution in [3.05, 3.63) is 88.2 Å². The number of nitrogens with zero attached hydrogens (tertiary/aromatic N) is 1. The van der Waals surface area contributed by atoms with Gasteiger partial charge in [0.05, 0.1) is 0 Å². The molecule has 3 aromatic rings. The van der Waals surface area contributed by atoms with Crippen molar-refractivity contribution in [1.29, 1.82) is 0 Å². The van der Waals surface area contributed by atoms with E-state index in [0.717, 1.165) is 11.1 Å². The van der Waals surface area contributed by atoms with Crippen molar-refractivity contribution >= 4 is 34.8 Å². The van der Waals surface area contributed by atoms with Crippen LogP contribution in [0.25, 0.3) is 0 Å². The first-order valence-corrected chi connectivity index (χ1v) is 8.72. The molecule has 5 nitrogen and oxygen atoms in total. The number of hydrogen-bond acceptors (Lipinski definition) is 3. The molecule has 3 rings (SSSR count). The van der Waals surface area contributed by atoms with E-state index in [1.807, 2.05) is 44.2 Å². The van der Waals surface area contributed by atoms with Gasteiger partial charge in [-0.05, 0) is 55.3 Å². The zero-order valence-electron chi connectivity index (χ0n) is 14.9. The highest BCUT2D eigenvalue weighted by Gasteiger charge is 2.14. The summed E-state index contributed by atoms with van der Waals surface area (Å²) in [6, 6.07) is 15.7. The number of hydrogen-bond donors (Lipinski definition) is 2. The van der Waals surface area contributed by atoms with Crippen LogP contribution in [0.2, 0.25) is 5.02 Å². The van der Waals surface area contributed by atoms with Crippen molar-refractivity contribution in [2.45, 2.75) is 13.8 Å². The van der Waals surface area contributed by atoms with Crippen LogP contribution in [0.15, 0.2) is 60.8 Å². The van der Waals surface area contributed by atoms with Gasteiger partial charge in [-0.1, -0.05) is 35.9 Å². The van der Waals surface area contributed by atoms with Gasteiger partial charge in [0.1, 0.15) is 5.69 Å². The van der Waals surface area contributed by atoms with Gasteiger partial charge in [-0.25, -0.2) is 0 Å². The van der Waals surface area contributed by atoms with E-state index in [9.17, 15) is 9.59 Å². The molecule has 0 aliphatic carbocycles. The predicted octanol–water partition coefficient (Wildman–Crippen LogP) is 4.86. The van der Waals surface area contributed by atoms with Crippen LogP contribution in [-0.4, -0.2) is 16.8 Å². The minimum atomic E-state index is -0.377. The smallest absolute Gasteiger partial charge is 0.274 e.